The second-order valence-electron chi connectivity index (χ2n) is 2.86. The molecule has 0 N–H and O–H groups in total. The SMILES string of the molecule is COC(=O)/C(C#N)=C\c1cc(F)cc(F)c1. The van der Waals surface area contributed by atoms with Gasteiger partial charge in [0, 0.05) is 6.07 Å². The van der Waals surface area contributed by atoms with Gasteiger partial charge in [-0.3, -0.25) is 0 Å². The van der Waals surface area contributed by atoms with E-state index in [-0.39, 0.29) is 11.1 Å². The monoisotopic (exact) mass is 223 g/mol. The Balaban J connectivity index is 3.15. The van der Waals surface area contributed by atoms with Crippen molar-refractivity contribution in [1.82, 2.24) is 0 Å². The number of methoxy groups -OCH3 is 1. The molecule has 0 amide bonds. The van der Waals surface area contributed by atoms with Gasteiger partial charge in [0.1, 0.15) is 23.3 Å². The van der Waals surface area contributed by atoms with Gasteiger partial charge >= 0.3 is 5.97 Å². The van der Waals surface area contributed by atoms with E-state index in [1.807, 2.05) is 0 Å². The van der Waals surface area contributed by atoms with Crippen LogP contribution in [-0.4, -0.2) is 13.1 Å². The van der Waals surface area contributed by atoms with Crippen LogP contribution in [0.2, 0.25) is 0 Å². The van der Waals surface area contributed by atoms with Crippen molar-refractivity contribution in [3.8, 4) is 6.07 Å². The largest absolute Gasteiger partial charge is 0.465 e. The standard InChI is InChI=1S/C11H7F2NO2/c1-16-11(15)8(6-14)2-7-3-9(12)5-10(13)4-7/h2-5H,1H3/b8-2-. The molecule has 1 aromatic rings. The Morgan fingerprint density at radius 1 is 1.38 bits per heavy atom. The second kappa shape index (κ2) is 5.03. The van der Waals surface area contributed by atoms with Crippen molar-refractivity contribution in [2.45, 2.75) is 0 Å². The quantitative estimate of drug-likeness (QED) is 0.438. The first kappa shape index (κ1) is 11.9. The van der Waals surface area contributed by atoms with Gasteiger partial charge in [-0.15, -0.1) is 0 Å². The first-order valence-corrected chi connectivity index (χ1v) is 4.23. The van der Waals surface area contributed by atoms with Gasteiger partial charge in [0.25, 0.3) is 0 Å². The summed E-state index contributed by atoms with van der Waals surface area (Å²) in [4.78, 5) is 11.0. The molecule has 0 spiro atoms. The first-order chi connectivity index (χ1) is 7.56. The van der Waals surface area contributed by atoms with Crippen LogP contribution in [-0.2, 0) is 9.53 Å². The van der Waals surface area contributed by atoms with Crippen LogP contribution in [0.5, 0.6) is 0 Å². The smallest absolute Gasteiger partial charge is 0.348 e. The van der Waals surface area contributed by atoms with E-state index in [9.17, 15) is 13.6 Å². The van der Waals surface area contributed by atoms with Crippen molar-refractivity contribution >= 4 is 12.0 Å². The highest BCUT2D eigenvalue weighted by molar-refractivity contribution is 5.97. The summed E-state index contributed by atoms with van der Waals surface area (Å²) in [6, 6.07) is 4.28. The van der Waals surface area contributed by atoms with Gasteiger partial charge in [0.15, 0.2) is 0 Å². The number of carbonyl (C=O) groups excluding carboxylic acids is 1. The molecular formula is C11H7F2NO2. The van der Waals surface area contributed by atoms with Crippen LogP contribution < -0.4 is 0 Å². The minimum atomic E-state index is -0.854. The van der Waals surface area contributed by atoms with E-state index < -0.39 is 17.6 Å². The van der Waals surface area contributed by atoms with Crippen LogP contribution in [0.25, 0.3) is 6.08 Å². The summed E-state index contributed by atoms with van der Waals surface area (Å²) >= 11 is 0. The molecule has 16 heavy (non-hydrogen) atoms. The molecule has 0 aliphatic carbocycles. The molecule has 0 radical (unpaired) electrons. The normalized spacial score (nSPS) is 10.8. The number of ether oxygens (including phenoxy) is 1. The lowest BCUT2D eigenvalue weighted by molar-refractivity contribution is -0.135. The zero-order valence-corrected chi connectivity index (χ0v) is 8.33. The number of carbonyl (C=O) groups is 1. The lowest BCUT2D eigenvalue weighted by atomic mass is 10.1. The molecule has 0 saturated carbocycles. The average molecular weight is 223 g/mol. The summed E-state index contributed by atoms with van der Waals surface area (Å²) in [5.41, 5.74) is -0.244. The predicted octanol–water partition coefficient (Wildman–Crippen LogP) is 2.04. The molecule has 82 valence electrons. The van der Waals surface area contributed by atoms with E-state index in [1.54, 1.807) is 6.07 Å². The maximum atomic E-state index is 12.8. The topological polar surface area (TPSA) is 50.1 Å². The third-order valence-corrected chi connectivity index (χ3v) is 1.72. The average Bonchev–Trinajstić information content (AvgIpc) is 2.23. The van der Waals surface area contributed by atoms with Crippen LogP contribution in [0.4, 0.5) is 8.78 Å². The predicted molar refractivity (Wildman–Crippen MR) is 52.0 cm³/mol. The number of esters is 1. The van der Waals surface area contributed by atoms with Gasteiger partial charge in [0.05, 0.1) is 7.11 Å². The van der Waals surface area contributed by atoms with E-state index >= 15 is 0 Å². The summed E-state index contributed by atoms with van der Waals surface area (Å²) in [6.07, 6.45) is 1.05. The first-order valence-electron chi connectivity index (χ1n) is 4.23. The minimum Gasteiger partial charge on any atom is -0.465 e. The zero-order chi connectivity index (χ0) is 12.1. The van der Waals surface area contributed by atoms with Crippen molar-refractivity contribution in [3.05, 3.63) is 41.0 Å². The molecule has 5 heteroatoms. The molecule has 1 aromatic carbocycles. The van der Waals surface area contributed by atoms with E-state index in [1.165, 1.54) is 0 Å². The minimum absolute atomic E-state index is 0.0828. The molecule has 0 aromatic heterocycles. The van der Waals surface area contributed by atoms with Gasteiger partial charge in [-0.1, -0.05) is 0 Å². The van der Waals surface area contributed by atoms with Gasteiger partial charge in [-0.05, 0) is 23.8 Å². The maximum Gasteiger partial charge on any atom is 0.348 e. The lowest BCUT2D eigenvalue weighted by Gasteiger charge is -1.98. The zero-order valence-electron chi connectivity index (χ0n) is 8.33. The van der Waals surface area contributed by atoms with Gasteiger partial charge < -0.3 is 4.74 Å². The van der Waals surface area contributed by atoms with E-state index in [4.69, 9.17) is 5.26 Å². The Labute approximate surface area is 90.6 Å². The van der Waals surface area contributed by atoms with Crippen molar-refractivity contribution < 1.29 is 18.3 Å². The highest BCUT2D eigenvalue weighted by Gasteiger charge is 2.09. The lowest BCUT2D eigenvalue weighted by Crippen LogP contribution is -2.02. The molecule has 0 atom stereocenters. The molecule has 0 aliphatic rings. The molecule has 0 saturated heterocycles. The second-order valence-corrected chi connectivity index (χ2v) is 2.86. The number of nitriles is 1. The number of hydrogen-bond acceptors (Lipinski definition) is 3. The van der Waals surface area contributed by atoms with Crippen LogP contribution in [0, 0.1) is 23.0 Å². The number of rotatable bonds is 2. The van der Waals surface area contributed by atoms with Gasteiger partial charge in [-0.25, -0.2) is 13.6 Å². The summed E-state index contributed by atoms with van der Waals surface area (Å²) in [5, 5.41) is 8.62. The molecule has 0 heterocycles. The molecule has 0 bridgehead atoms. The summed E-state index contributed by atoms with van der Waals surface area (Å²) in [7, 11) is 1.11. The third kappa shape index (κ3) is 2.89. The number of hydrogen-bond donors (Lipinski definition) is 0. The molecular weight excluding hydrogens is 216 g/mol. The fourth-order valence-electron chi connectivity index (χ4n) is 1.07. The fraction of sp³-hybridized carbons (Fsp3) is 0.0909. The molecule has 1 rings (SSSR count). The van der Waals surface area contributed by atoms with Crippen molar-refractivity contribution in [2.75, 3.05) is 7.11 Å². The summed E-state index contributed by atoms with van der Waals surface area (Å²) < 4.78 is 29.9. The van der Waals surface area contributed by atoms with Gasteiger partial charge in [0.2, 0.25) is 0 Å². The Bertz CT molecular complexity index is 469. The van der Waals surface area contributed by atoms with Crippen LogP contribution >= 0.6 is 0 Å². The molecule has 0 fully saturated rings. The maximum absolute atomic E-state index is 12.8. The van der Waals surface area contributed by atoms with Crippen molar-refractivity contribution in [3.63, 3.8) is 0 Å². The highest BCUT2D eigenvalue weighted by Crippen LogP contribution is 2.12. The third-order valence-electron chi connectivity index (χ3n) is 1.72. The Morgan fingerprint density at radius 2 is 1.94 bits per heavy atom. The van der Waals surface area contributed by atoms with Crippen molar-refractivity contribution in [1.29, 1.82) is 5.26 Å². The van der Waals surface area contributed by atoms with E-state index in [0.717, 1.165) is 25.3 Å². The molecule has 0 aliphatic heterocycles. The fourth-order valence-corrected chi connectivity index (χ4v) is 1.07. The Morgan fingerprint density at radius 3 is 2.38 bits per heavy atom. The summed E-state index contributed by atoms with van der Waals surface area (Å²) in [6.45, 7) is 0. The summed E-state index contributed by atoms with van der Waals surface area (Å²) in [5.74, 6) is -2.42. The van der Waals surface area contributed by atoms with Crippen LogP contribution in [0.3, 0.4) is 0 Å². The number of nitrogens with zero attached hydrogens (tertiary/aromatic N) is 1. The van der Waals surface area contributed by atoms with Gasteiger partial charge in [-0.2, -0.15) is 5.26 Å². The molecule has 3 nitrogen and oxygen atoms in total. The Hall–Kier alpha value is -2.22. The van der Waals surface area contributed by atoms with Crippen LogP contribution in [0.15, 0.2) is 23.8 Å². The number of benzene rings is 1. The highest BCUT2D eigenvalue weighted by atomic mass is 19.1. The number of halogens is 2. The molecule has 0 unspecified atom stereocenters. The van der Waals surface area contributed by atoms with E-state index in [0.29, 0.717) is 6.07 Å². The van der Waals surface area contributed by atoms with Crippen molar-refractivity contribution in [2.24, 2.45) is 0 Å². The Kier molecular flexibility index (Phi) is 3.72. The van der Waals surface area contributed by atoms with Crippen LogP contribution in [0.1, 0.15) is 5.56 Å². The van der Waals surface area contributed by atoms with E-state index in [2.05, 4.69) is 4.74 Å².